The van der Waals surface area contributed by atoms with E-state index >= 15 is 0 Å². The number of nitrogens with zero attached hydrogens (tertiary/aromatic N) is 3. The number of amides is 1. The maximum Gasteiger partial charge on any atom is 0.231 e. The predicted molar refractivity (Wildman–Crippen MR) is 98.3 cm³/mol. The van der Waals surface area contributed by atoms with Gasteiger partial charge < -0.3 is 4.90 Å². The lowest BCUT2D eigenvalue weighted by molar-refractivity contribution is -0.135. The van der Waals surface area contributed by atoms with Crippen LogP contribution in [0.5, 0.6) is 0 Å². The molecule has 126 valence electrons. The van der Waals surface area contributed by atoms with Crippen LogP contribution in [0.4, 0.5) is 0 Å². The SMILES string of the molecule is C=CCN1CC[C@@]2(CN(Cc3cccs3)C[C@@H]2c2nccs2)C1=O. The van der Waals surface area contributed by atoms with Crippen molar-refractivity contribution >= 4 is 28.6 Å². The maximum atomic E-state index is 13.2. The molecular weight excluding hydrogens is 338 g/mol. The molecule has 2 atom stereocenters. The molecule has 2 aliphatic heterocycles. The molecule has 0 N–H and O–H groups in total. The zero-order valence-electron chi connectivity index (χ0n) is 13.6. The van der Waals surface area contributed by atoms with Gasteiger partial charge in [0.2, 0.25) is 5.91 Å². The van der Waals surface area contributed by atoms with Gasteiger partial charge in [-0.15, -0.1) is 29.3 Å². The van der Waals surface area contributed by atoms with Gasteiger partial charge >= 0.3 is 0 Å². The Morgan fingerprint density at radius 2 is 2.33 bits per heavy atom. The zero-order valence-corrected chi connectivity index (χ0v) is 15.2. The van der Waals surface area contributed by atoms with Crippen LogP contribution in [0.25, 0.3) is 0 Å². The van der Waals surface area contributed by atoms with Crippen molar-refractivity contribution in [2.24, 2.45) is 5.41 Å². The molecule has 0 unspecified atom stereocenters. The van der Waals surface area contributed by atoms with Gasteiger partial charge in [0, 0.05) is 55.1 Å². The average Bonchev–Trinajstić information content (AvgIpc) is 3.34. The zero-order chi connectivity index (χ0) is 16.6. The Hall–Kier alpha value is -1.50. The summed E-state index contributed by atoms with van der Waals surface area (Å²) in [6.45, 7) is 7.95. The van der Waals surface area contributed by atoms with Crippen LogP contribution in [0, 0.1) is 5.41 Å². The van der Waals surface area contributed by atoms with Crippen molar-refractivity contribution in [3.05, 3.63) is 51.6 Å². The second-order valence-corrected chi connectivity index (χ2v) is 8.58. The van der Waals surface area contributed by atoms with Gasteiger partial charge in [-0.1, -0.05) is 12.1 Å². The second kappa shape index (κ2) is 6.43. The Kier molecular flexibility index (Phi) is 4.28. The Morgan fingerprint density at radius 3 is 3.04 bits per heavy atom. The largest absolute Gasteiger partial charge is 0.338 e. The van der Waals surface area contributed by atoms with E-state index in [1.54, 1.807) is 22.7 Å². The summed E-state index contributed by atoms with van der Waals surface area (Å²) in [5, 5.41) is 5.25. The van der Waals surface area contributed by atoms with E-state index in [2.05, 4.69) is 34.0 Å². The van der Waals surface area contributed by atoms with E-state index in [1.165, 1.54) is 4.88 Å². The fourth-order valence-corrected chi connectivity index (χ4v) is 5.72. The molecule has 4 nitrogen and oxygen atoms in total. The Balaban J connectivity index is 1.62. The van der Waals surface area contributed by atoms with Crippen molar-refractivity contribution in [2.75, 3.05) is 26.2 Å². The Bertz CT molecular complexity index is 713. The number of rotatable bonds is 5. The van der Waals surface area contributed by atoms with Gasteiger partial charge in [0.25, 0.3) is 0 Å². The third-order valence-electron chi connectivity index (χ3n) is 5.21. The molecule has 1 amide bonds. The first-order valence-corrected chi connectivity index (χ1v) is 10.0. The summed E-state index contributed by atoms with van der Waals surface area (Å²) < 4.78 is 0. The summed E-state index contributed by atoms with van der Waals surface area (Å²) in [5.74, 6) is 0.496. The van der Waals surface area contributed by atoms with Gasteiger partial charge in [0.05, 0.1) is 10.4 Å². The molecule has 0 aromatic carbocycles. The van der Waals surface area contributed by atoms with E-state index < -0.39 is 0 Å². The van der Waals surface area contributed by atoms with E-state index in [4.69, 9.17) is 0 Å². The average molecular weight is 360 g/mol. The Morgan fingerprint density at radius 1 is 1.42 bits per heavy atom. The van der Waals surface area contributed by atoms with Crippen molar-refractivity contribution in [3.8, 4) is 0 Å². The first kappa shape index (κ1) is 16.0. The molecule has 2 saturated heterocycles. The number of hydrogen-bond donors (Lipinski definition) is 0. The summed E-state index contributed by atoms with van der Waals surface area (Å²) in [7, 11) is 0. The summed E-state index contributed by atoms with van der Waals surface area (Å²) >= 11 is 3.47. The highest BCUT2D eigenvalue weighted by Crippen LogP contribution is 2.50. The van der Waals surface area contributed by atoms with Gasteiger partial charge in [0.1, 0.15) is 0 Å². The molecule has 1 spiro atoms. The summed E-state index contributed by atoms with van der Waals surface area (Å²) in [6.07, 6.45) is 4.61. The molecular formula is C18H21N3OS2. The Labute approximate surface area is 150 Å². The summed E-state index contributed by atoms with van der Waals surface area (Å²) in [4.78, 5) is 23.5. The monoisotopic (exact) mass is 359 g/mol. The number of aromatic nitrogens is 1. The standard InChI is InChI=1S/C18H21N3OS2/c1-2-7-21-8-5-18(17(21)22)13-20(11-14-4-3-9-23-14)12-15(18)16-19-6-10-24-16/h2-4,6,9-10,15H,1,5,7-8,11-13H2/t15-,18+/m1/s1. The maximum absolute atomic E-state index is 13.2. The molecule has 0 radical (unpaired) electrons. The van der Waals surface area contributed by atoms with E-state index in [-0.39, 0.29) is 17.2 Å². The van der Waals surface area contributed by atoms with Crippen LogP contribution in [0.2, 0.25) is 0 Å². The smallest absolute Gasteiger partial charge is 0.231 e. The van der Waals surface area contributed by atoms with Crippen LogP contribution in [-0.4, -0.2) is 46.9 Å². The van der Waals surface area contributed by atoms with Gasteiger partial charge in [-0.2, -0.15) is 0 Å². The lowest BCUT2D eigenvalue weighted by Crippen LogP contribution is -2.39. The molecule has 6 heteroatoms. The van der Waals surface area contributed by atoms with Crippen molar-refractivity contribution in [1.82, 2.24) is 14.8 Å². The molecule has 0 aliphatic carbocycles. The van der Waals surface area contributed by atoms with E-state index in [0.29, 0.717) is 6.54 Å². The molecule has 4 heterocycles. The molecule has 24 heavy (non-hydrogen) atoms. The summed E-state index contributed by atoms with van der Waals surface area (Å²) in [5.41, 5.74) is -0.307. The number of thiazole rings is 1. The van der Waals surface area contributed by atoms with Crippen molar-refractivity contribution < 1.29 is 4.79 Å². The fourth-order valence-electron chi connectivity index (χ4n) is 4.13. The number of carbonyl (C=O) groups excluding carboxylic acids is 1. The highest BCUT2D eigenvalue weighted by molar-refractivity contribution is 7.10. The minimum Gasteiger partial charge on any atom is -0.338 e. The van der Waals surface area contributed by atoms with Crippen molar-refractivity contribution in [2.45, 2.75) is 18.9 Å². The normalized spacial score (nSPS) is 27.4. The quantitative estimate of drug-likeness (QED) is 0.769. The number of likely N-dealkylation sites (tertiary alicyclic amines) is 2. The molecule has 2 aliphatic rings. The molecule has 2 fully saturated rings. The lowest BCUT2D eigenvalue weighted by Gasteiger charge is -2.27. The van der Waals surface area contributed by atoms with Gasteiger partial charge in [-0.05, 0) is 17.9 Å². The van der Waals surface area contributed by atoms with Crippen molar-refractivity contribution in [3.63, 3.8) is 0 Å². The third kappa shape index (κ3) is 2.62. The number of hydrogen-bond acceptors (Lipinski definition) is 5. The molecule has 0 bridgehead atoms. The first-order chi connectivity index (χ1) is 11.7. The topological polar surface area (TPSA) is 36.4 Å². The minimum atomic E-state index is -0.307. The minimum absolute atomic E-state index is 0.208. The van der Waals surface area contributed by atoms with Crippen LogP contribution in [0.15, 0.2) is 41.7 Å². The second-order valence-electron chi connectivity index (χ2n) is 6.62. The van der Waals surface area contributed by atoms with Gasteiger partial charge in [0.15, 0.2) is 0 Å². The van der Waals surface area contributed by atoms with Crippen LogP contribution in [-0.2, 0) is 11.3 Å². The van der Waals surface area contributed by atoms with Crippen LogP contribution < -0.4 is 0 Å². The highest BCUT2D eigenvalue weighted by Gasteiger charge is 2.57. The first-order valence-electron chi connectivity index (χ1n) is 8.27. The highest BCUT2D eigenvalue weighted by atomic mass is 32.1. The molecule has 2 aromatic heterocycles. The van der Waals surface area contributed by atoms with Gasteiger partial charge in [-0.3, -0.25) is 9.69 Å². The summed E-state index contributed by atoms with van der Waals surface area (Å²) in [6, 6.07) is 4.27. The van der Waals surface area contributed by atoms with Gasteiger partial charge in [-0.25, -0.2) is 4.98 Å². The van der Waals surface area contributed by atoms with Crippen LogP contribution in [0.1, 0.15) is 22.2 Å². The van der Waals surface area contributed by atoms with E-state index in [0.717, 1.165) is 37.6 Å². The lowest BCUT2D eigenvalue weighted by atomic mass is 9.77. The van der Waals surface area contributed by atoms with Crippen LogP contribution >= 0.6 is 22.7 Å². The fraction of sp³-hybridized carbons (Fsp3) is 0.444. The number of carbonyl (C=O) groups is 1. The third-order valence-corrected chi connectivity index (χ3v) is 6.96. The molecule has 0 saturated carbocycles. The molecule has 4 rings (SSSR count). The van der Waals surface area contributed by atoms with E-state index in [1.807, 2.05) is 22.6 Å². The predicted octanol–water partition coefficient (Wildman–Crippen LogP) is 3.21. The van der Waals surface area contributed by atoms with Crippen LogP contribution in [0.3, 0.4) is 0 Å². The van der Waals surface area contributed by atoms with E-state index in [9.17, 15) is 4.79 Å². The van der Waals surface area contributed by atoms with Crippen molar-refractivity contribution in [1.29, 1.82) is 0 Å². The number of thiophene rings is 1. The molecule has 2 aromatic rings.